The standard InChI is InChI=1S/C14H27N3O/c1-5-12-10-17(11-14(3,4)18)13(6-2)9-16(12)8-7-15/h12-13,18H,5-6,8-11H2,1-4H3/t12-,13-/m0/s1. The predicted molar refractivity (Wildman–Crippen MR) is 73.2 cm³/mol. The number of hydrogen-bond acceptors (Lipinski definition) is 4. The first-order valence-electron chi connectivity index (χ1n) is 6.98. The average molecular weight is 253 g/mol. The SMILES string of the molecule is CC[C@H]1CN(CC(C)(C)O)[C@@H](CC)CN1CC#N. The van der Waals surface area contributed by atoms with E-state index in [9.17, 15) is 5.11 Å². The Morgan fingerprint density at radius 3 is 2.11 bits per heavy atom. The van der Waals surface area contributed by atoms with Crippen molar-refractivity contribution in [2.45, 2.75) is 58.2 Å². The maximum absolute atomic E-state index is 10.0. The number of rotatable bonds is 5. The molecule has 0 bridgehead atoms. The van der Waals surface area contributed by atoms with E-state index in [-0.39, 0.29) is 0 Å². The lowest BCUT2D eigenvalue weighted by atomic mass is 9.99. The molecule has 0 saturated carbocycles. The Morgan fingerprint density at radius 1 is 1.17 bits per heavy atom. The normalized spacial score (nSPS) is 27.1. The van der Waals surface area contributed by atoms with E-state index in [4.69, 9.17) is 5.26 Å². The van der Waals surface area contributed by atoms with Crippen LogP contribution in [-0.4, -0.2) is 58.8 Å². The Balaban J connectivity index is 2.72. The lowest BCUT2D eigenvalue weighted by Crippen LogP contribution is -2.60. The molecular weight excluding hydrogens is 226 g/mol. The molecule has 104 valence electrons. The van der Waals surface area contributed by atoms with Gasteiger partial charge in [0.15, 0.2) is 0 Å². The second-order valence-electron chi connectivity index (χ2n) is 5.95. The van der Waals surface area contributed by atoms with Crippen LogP contribution in [0.15, 0.2) is 0 Å². The smallest absolute Gasteiger partial charge is 0.0869 e. The van der Waals surface area contributed by atoms with Gasteiger partial charge in [-0.25, -0.2) is 0 Å². The van der Waals surface area contributed by atoms with Gasteiger partial charge in [-0.05, 0) is 26.7 Å². The minimum absolute atomic E-state index is 0.440. The molecule has 0 radical (unpaired) electrons. The molecule has 0 unspecified atom stereocenters. The first-order chi connectivity index (χ1) is 8.41. The zero-order chi connectivity index (χ0) is 13.8. The highest BCUT2D eigenvalue weighted by atomic mass is 16.3. The molecule has 1 fully saturated rings. The molecule has 2 atom stereocenters. The molecule has 0 amide bonds. The quantitative estimate of drug-likeness (QED) is 0.754. The van der Waals surface area contributed by atoms with E-state index >= 15 is 0 Å². The highest BCUT2D eigenvalue weighted by Gasteiger charge is 2.33. The topological polar surface area (TPSA) is 50.5 Å². The Hall–Kier alpha value is -0.630. The first-order valence-corrected chi connectivity index (χ1v) is 6.98. The maximum atomic E-state index is 10.0. The van der Waals surface area contributed by atoms with Gasteiger partial charge in [0.2, 0.25) is 0 Å². The third-order valence-electron chi connectivity index (χ3n) is 3.73. The molecule has 1 saturated heterocycles. The molecule has 1 aliphatic heterocycles. The van der Waals surface area contributed by atoms with Crippen LogP contribution in [-0.2, 0) is 0 Å². The van der Waals surface area contributed by atoms with Gasteiger partial charge in [0, 0.05) is 31.7 Å². The van der Waals surface area contributed by atoms with Crippen molar-refractivity contribution in [1.29, 1.82) is 5.26 Å². The van der Waals surface area contributed by atoms with Crippen LogP contribution in [0.2, 0.25) is 0 Å². The fourth-order valence-corrected chi connectivity index (χ4v) is 2.82. The number of aliphatic hydroxyl groups is 1. The highest BCUT2D eigenvalue weighted by Crippen LogP contribution is 2.21. The molecule has 1 rings (SSSR count). The zero-order valence-corrected chi connectivity index (χ0v) is 12.2. The summed E-state index contributed by atoms with van der Waals surface area (Å²) in [5, 5.41) is 18.9. The van der Waals surface area contributed by atoms with Crippen molar-refractivity contribution >= 4 is 0 Å². The second kappa shape index (κ2) is 6.51. The summed E-state index contributed by atoms with van der Waals surface area (Å²) in [6.45, 7) is 11.2. The van der Waals surface area contributed by atoms with E-state index in [0.717, 1.165) is 25.9 Å². The molecule has 18 heavy (non-hydrogen) atoms. The molecule has 0 aromatic heterocycles. The third kappa shape index (κ3) is 4.24. The molecule has 0 aliphatic carbocycles. The highest BCUT2D eigenvalue weighted by molar-refractivity contribution is 4.93. The monoisotopic (exact) mass is 253 g/mol. The van der Waals surface area contributed by atoms with E-state index < -0.39 is 5.60 Å². The predicted octanol–water partition coefficient (Wildman–Crippen LogP) is 1.46. The zero-order valence-electron chi connectivity index (χ0n) is 12.2. The van der Waals surface area contributed by atoms with Gasteiger partial charge in [0.05, 0.1) is 18.2 Å². The minimum Gasteiger partial charge on any atom is -0.389 e. The van der Waals surface area contributed by atoms with Crippen LogP contribution < -0.4 is 0 Å². The summed E-state index contributed by atoms with van der Waals surface area (Å²) in [6, 6.07) is 3.16. The van der Waals surface area contributed by atoms with E-state index in [1.807, 2.05) is 13.8 Å². The second-order valence-corrected chi connectivity index (χ2v) is 5.95. The number of nitrogens with zero attached hydrogens (tertiary/aromatic N) is 3. The number of piperazine rings is 1. The van der Waals surface area contributed by atoms with Crippen molar-refractivity contribution < 1.29 is 5.11 Å². The van der Waals surface area contributed by atoms with Crippen LogP contribution in [0.25, 0.3) is 0 Å². The van der Waals surface area contributed by atoms with Gasteiger partial charge in [-0.1, -0.05) is 13.8 Å². The number of hydrogen-bond donors (Lipinski definition) is 1. The van der Waals surface area contributed by atoms with E-state index in [2.05, 4.69) is 29.7 Å². The van der Waals surface area contributed by atoms with Gasteiger partial charge in [-0.3, -0.25) is 9.80 Å². The summed E-state index contributed by atoms with van der Waals surface area (Å²) in [4.78, 5) is 4.68. The van der Waals surface area contributed by atoms with Gasteiger partial charge in [-0.2, -0.15) is 5.26 Å². The molecule has 0 aromatic carbocycles. The molecule has 4 nitrogen and oxygen atoms in total. The average Bonchev–Trinajstić information content (AvgIpc) is 2.28. The summed E-state index contributed by atoms with van der Waals surface area (Å²) >= 11 is 0. The molecule has 4 heteroatoms. The molecule has 0 aromatic rings. The largest absolute Gasteiger partial charge is 0.389 e. The number of β-amino-alcohol motifs (C(OH)–C–C–N with tert-alkyl or cyclic N) is 1. The van der Waals surface area contributed by atoms with Crippen molar-refractivity contribution in [3.05, 3.63) is 0 Å². The molecule has 1 aliphatic rings. The molecule has 1 N–H and O–H groups in total. The van der Waals surface area contributed by atoms with Crippen molar-refractivity contribution in [3.63, 3.8) is 0 Å². The van der Waals surface area contributed by atoms with Crippen LogP contribution >= 0.6 is 0 Å². The third-order valence-corrected chi connectivity index (χ3v) is 3.73. The fourth-order valence-electron chi connectivity index (χ4n) is 2.82. The molecule has 1 heterocycles. The van der Waals surface area contributed by atoms with Crippen molar-refractivity contribution in [2.75, 3.05) is 26.2 Å². The van der Waals surface area contributed by atoms with E-state index in [1.165, 1.54) is 0 Å². The summed E-state index contributed by atoms with van der Waals surface area (Å²) in [5.41, 5.74) is -0.650. The van der Waals surface area contributed by atoms with E-state index in [0.29, 0.717) is 25.2 Å². The minimum atomic E-state index is -0.650. The van der Waals surface area contributed by atoms with Gasteiger partial charge in [-0.15, -0.1) is 0 Å². The summed E-state index contributed by atoms with van der Waals surface area (Å²) in [6.07, 6.45) is 2.12. The maximum Gasteiger partial charge on any atom is 0.0869 e. The van der Waals surface area contributed by atoms with Crippen LogP contribution in [0.3, 0.4) is 0 Å². The summed E-state index contributed by atoms with van der Waals surface area (Å²) < 4.78 is 0. The van der Waals surface area contributed by atoms with Crippen molar-refractivity contribution in [2.24, 2.45) is 0 Å². The van der Waals surface area contributed by atoms with Crippen molar-refractivity contribution in [1.82, 2.24) is 9.80 Å². The van der Waals surface area contributed by atoms with Crippen LogP contribution in [0.1, 0.15) is 40.5 Å². The number of nitriles is 1. The van der Waals surface area contributed by atoms with Crippen molar-refractivity contribution in [3.8, 4) is 6.07 Å². The fraction of sp³-hybridized carbons (Fsp3) is 0.929. The van der Waals surface area contributed by atoms with Crippen LogP contribution in [0.5, 0.6) is 0 Å². The van der Waals surface area contributed by atoms with Crippen LogP contribution in [0, 0.1) is 11.3 Å². The molecule has 0 spiro atoms. The van der Waals surface area contributed by atoms with Gasteiger partial charge in [0.1, 0.15) is 0 Å². The lowest BCUT2D eigenvalue weighted by Gasteiger charge is -2.47. The Bertz CT molecular complexity index is 292. The van der Waals surface area contributed by atoms with Gasteiger partial charge < -0.3 is 5.11 Å². The Labute approximate surface area is 111 Å². The Kier molecular flexibility index (Phi) is 5.58. The summed E-state index contributed by atoms with van der Waals surface area (Å²) in [7, 11) is 0. The van der Waals surface area contributed by atoms with E-state index in [1.54, 1.807) is 0 Å². The first kappa shape index (κ1) is 15.4. The summed E-state index contributed by atoms with van der Waals surface area (Å²) in [5.74, 6) is 0. The molecular formula is C14H27N3O. The lowest BCUT2D eigenvalue weighted by molar-refractivity contribution is -0.0263. The van der Waals surface area contributed by atoms with Crippen LogP contribution in [0.4, 0.5) is 0 Å². The van der Waals surface area contributed by atoms with Gasteiger partial charge in [0.25, 0.3) is 0 Å². The Morgan fingerprint density at radius 2 is 1.67 bits per heavy atom. The van der Waals surface area contributed by atoms with Gasteiger partial charge >= 0.3 is 0 Å².